The van der Waals surface area contributed by atoms with E-state index in [1.807, 2.05) is 32.0 Å². The van der Waals surface area contributed by atoms with Gasteiger partial charge in [0.2, 0.25) is 0 Å². The van der Waals surface area contributed by atoms with Crippen molar-refractivity contribution in [3.05, 3.63) is 41.3 Å². The molecule has 2 aromatic rings. The fraction of sp³-hybridized carbons (Fsp3) is 0.333. The van der Waals surface area contributed by atoms with Crippen LogP contribution in [0.25, 0.3) is 0 Å². The highest BCUT2D eigenvalue weighted by Crippen LogP contribution is 2.25. The lowest BCUT2D eigenvalue weighted by molar-refractivity contribution is 0.101. The van der Waals surface area contributed by atoms with Gasteiger partial charge in [0.05, 0.1) is 11.8 Å². The van der Waals surface area contributed by atoms with Gasteiger partial charge in [0.25, 0.3) is 5.91 Å². The van der Waals surface area contributed by atoms with E-state index in [1.165, 1.54) is 0 Å². The summed E-state index contributed by atoms with van der Waals surface area (Å²) in [5, 5.41) is 6.57. The number of nitrogens with zero attached hydrogens (tertiary/aromatic N) is 1. The van der Waals surface area contributed by atoms with Crippen LogP contribution in [0.4, 0.5) is 5.69 Å². The SMILES string of the molecule is Cc1onc(C(=O)Nc2ccccc2OC(C)C)c1C. The van der Waals surface area contributed by atoms with Crippen LogP contribution >= 0.6 is 0 Å². The number of amides is 1. The van der Waals surface area contributed by atoms with Gasteiger partial charge in [0.15, 0.2) is 5.69 Å². The van der Waals surface area contributed by atoms with Gasteiger partial charge in [-0.1, -0.05) is 17.3 Å². The first-order valence-electron chi connectivity index (χ1n) is 6.49. The molecule has 5 heteroatoms. The Balaban J connectivity index is 2.22. The molecular weight excluding hydrogens is 256 g/mol. The minimum Gasteiger partial charge on any atom is -0.489 e. The number of rotatable bonds is 4. The summed E-state index contributed by atoms with van der Waals surface area (Å²) < 4.78 is 10.7. The third-order valence-corrected chi connectivity index (χ3v) is 2.87. The Morgan fingerprint density at radius 1 is 1.30 bits per heavy atom. The molecule has 1 N–H and O–H groups in total. The first-order chi connectivity index (χ1) is 9.49. The summed E-state index contributed by atoms with van der Waals surface area (Å²) in [7, 11) is 0. The van der Waals surface area contributed by atoms with Crippen LogP contribution in [0.3, 0.4) is 0 Å². The standard InChI is InChI=1S/C15H18N2O3/c1-9(2)19-13-8-6-5-7-12(13)16-15(18)14-10(3)11(4)20-17-14/h5-9H,1-4H3,(H,16,18). The lowest BCUT2D eigenvalue weighted by Gasteiger charge is -2.14. The number of aromatic nitrogens is 1. The molecule has 1 amide bonds. The predicted octanol–water partition coefficient (Wildman–Crippen LogP) is 3.33. The van der Waals surface area contributed by atoms with Crippen molar-refractivity contribution in [2.45, 2.75) is 33.8 Å². The monoisotopic (exact) mass is 274 g/mol. The molecule has 106 valence electrons. The Labute approximate surface area is 117 Å². The molecule has 1 aromatic heterocycles. The lowest BCUT2D eigenvalue weighted by atomic mass is 10.2. The van der Waals surface area contributed by atoms with E-state index in [1.54, 1.807) is 19.9 Å². The van der Waals surface area contributed by atoms with E-state index in [2.05, 4.69) is 10.5 Å². The Morgan fingerprint density at radius 2 is 2.00 bits per heavy atom. The van der Waals surface area contributed by atoms with Gasteiger partial charge >= 0.3 is 0 Å². The van der Waals surface area contributed by atoms with E-state index >= 15 is 0 Å². The highest BCUT2D eigenvalue weighted by molar-refractivity contribution is 6.04. The number of para-hydroxylation sites is 2. The number of carbonyl (C=O) groups is 1. The largest absolute Gasteiger partial charge is 0.489 e. The smallest absolute Gasteiger partial charge is 0.278 e. The Kier molecular flexibility index (Phi) is 4.08. The van der Waals surface area contributed by atoms with Crippen LogP contribution < -0.4 is 10.1 Å². The summed E-state index contributed by atoms with van der Waals surface area (Å²) in [6.45, 7) is 7.44. The Morgan fingerprint density at radius 3 is 2.60 bits per heavy atom. The second kappa shape index (κ2) is 5.77. The molecule has 0 aliphatic rings. The predicted molar refractivity (Wildman–Crippen MR) is 76.1 cm³/mol. The molecule has 0 spiro atoms. The Bertz CT molecular complexity index is 617. The molecule has 0 saturated carbocycles. The summed E-state index contributed by atoms with van der Waals surface area (Å²) in [4.78, 5) is 12.2. The molecule has 0 saturated heterocycles. The number of nitrogens with one attached hydrogen (secondary N) is 1. The van der Waals surface area contributed by atoms with Crippen molar-refractivity contribution in [1.29, 1.82) is 0 Å². The summed E-state index contributed by atoms with van der Waals surface area (Å²) in [5.41, 5.74) is 1.65. The highest BCUT2D eigenvalue weighted by atomic mass is 16.5. The van der Waals surface area contributed by atoms with E-state index in [4.69, 9.17) is 9.26 Å². The van der Waals surface area contributed by atoms with E-state index in [9.17, 15) is 4.79 Å². The van der Waals surface area contributed by atoms with Crippen molar-refractivity contribution >= 4 is 11.6 Å². The van der Waals surface area contributed by atoms with E-state index in [0.717, 1.165) is 5.56 Å². The zero-order valence-corrected chi connectivity index (χ0v) is 12.1. The van der Waals surface area contributed by atoms with Gasteiger partial charge in [-0.15, -0.1) is 0 Å². The number of anilines is 1. The van der Waals surface area contributed by atoms with Crippen LogP contribution in [0.5, 0.6) is 5.75 Å². The van der Waals surface area contributed by atoms with Crippen LogP contribution in [0.15, 0.2) is 28.8 Å². The van der Waals surface area contributed by atoms with Gasteiger partial charge in [-0.25, -0.2) is 0 Å². The summed E-state index contributed by atoms with van der Waals surface area (Å²) in [6.07, 6.45) is 0.0316. The van der Waals surface area contributed by atoms with E-state index in [-0.39, 0.29) is 12.0 Å². The fourth-order valence-electron chi connectivity index (χ4n) is 1.74. The highest BCUT2D eigenvalue weighted by Gasteiger charge is 2.18. The molecular formula is C15H18N2O3. The molecule has 0 bridgehead atoms. The van der Waals surface area contributed by atoms with Crippen molar-refractivity contribution in [1.82, 2.24) is 5.16 Å². The molecule has 0 aliphatic carbocycles. The maximum absolute atomic E-state index is 12.2. The summed E-state index contributed by atoms with van der Waals surface area (Å²) in [6, 6.07) is 7.30. The molecule has 5 nitrogen and oxygen atoms in total. The minimum absolute atomic E-state index is 0.0316. The van der Waals surface area contributed by atoms with Crippen LogP contribution in [-0.2, 0) is 0 Å². The van der Waals surface area contributed by atoms with Crippen molar-refractivity contribution < 1.29 is 14.1 Å². The topological polar surface area (TPSA) is 64.4 Å². The second-order valence-corrected chi connectivity index (χ2v) is 4.83. The molecule has 2 rings (SSSR count). The quantitative estimate of drug-likeness (QED) is 0.928. The van der Waals surface area contributed by atoms with Crippen molar-refractivity contribution in [2.75, 3.05) is 5.32 Å². The van der Waals surface area contributed by atoms with E-state index in [0.29, 0.717) is 22.9 Å². The second-order valence-electron chi connectivity index (χ2n) is 4.83. The van der Waals surface area contributed by atoms with Crippen LogP contribution in [-0.4, -0.2) is 17.2 Å². The Hall–Kier alpha value is -2.30. The first-order valence-corrected chi connectivity index (χ1v) is 6.49. The lowest BCUT2D eigenvalue weighted by Crippen LogP contribution is -2.15. The van der Waals surface area contributed by atoms with Gasteiger partial charge in [-0.3, -0.25) is 4.79 Å². The van der Waals surface area contributed by atoms with Crippen LogP contribution in [0.2, 0.25) is 0 Å². The van der Waals surface area contributed by atoms with Gasteiger partial charge < -0.3 is 14.6 Å². The molecule has 20 heavy (non-hydrogen) atoms. The van der Waals surface area contributed by atoms with Crippen molar-refractivity contribution in [3.63, 3.8) is 0 Å². The average Bonchev–Trinajstić information content (AvgIpc) is 2.72. The molecule has 1 heterocycles. The van der Waals surface area contributed by atoms with Gasteiger partial charge in [0.1, 0.15) is 11.5 Å². The molecule has 0 fully saturated rings. The summed E-state index contributed by atoms with van der Waals surface area (Å²) >= 11 is 0. The maximum Gasteiger partial charge on any atom is 0.278 e. The van der Waals surface area contributed by atoms with Crippen molar-refractivity contribution in [3.8, 4) is 5.75 Å². The minimum atomic E-state index is -0.306. The fourth-order valence-corrected chi connectivity index (χ4v) is 1.74. The zero-order valence-electron chi connectivity index (χ0n) is 12.1. The first kappa shape index (κ1) is 14.1. The molecule has 0 aliphatic heterocycles. The number of ether oxygens (including phenoxy) is 1. The van der Waals surface area contributed by atoms with Gasteiger partial charge in [0, 0.05) is 5.56 Å². The number of aryl methyl sites for hydroxylation is 1. The average molecular weight is 274 g/mol. The van der Waals surface area contributed by atoms with Crippen LogP contribution in [0, 0.1) is 13.8 Å². The normalized spacial score (nSPS) is 10.7. The number of hydrogen-bond acceptors (Lipinski definition) is 4. The third-order valence-electron chi connectivity index (χ3n) is 2.87. The maximum atomic E-state index is 12.2. The summed E-state index contributed by atoms with van der Waals surface area (Å²) in [5.74, 6) is 0.967. The van der Waals surface area contributed by atoms with Gasteiger partial charge in [-0.2, -0.15) is 0 Å². The zero-order chi connectivity index (χ0) is 14.7. The van der Waals surface area contributed by atoms with E-state index < -0.39 is 0 Å². The van der Waals surface area contributed by atoms with Gasteiger partial charge in [-0.05, 0) is 39.8 Å². The van der Waals surface area contributed by atoms with Crippen molar-refractivity contribution in [2.24, 2.45) is 0 Å². The number of benzene rings is 1. The third kappa shape index (κ3) is 2.99. The molecule has 0 unspecified atom stereocenters. The number of hydrogen-bond donors (Lipinski definition) is 1. The van der Waals surface area contributed by atoms with Crippen LogP contribution in [0.1, 0.15) is 35.7 Å². The number of carbonyl (C=O) groups excluding carboxylic acids is 1. The molecule has 0 radical (unpaired) electrons. The molecule has 1 aromatic carbocycles. The molecule has 0 atom stereocenters.